The standard InChI is InChI=1S/C19H19Cl2NO2S/c1-23-16-10-9-12(11-17(16)24-13-5-2-3-6-13)19(25)22-18-14(20)7-4-8-15(18)21/h4,7-11,13H,2-3,5-6H2,1H3,(H,22,25). The molecule has 1 aliphatic rings. The number of rotatable bonds is 5. The number of benzene rings is 2. The molecule has 0 unspecified atom stereocenters. The van der Waals surface area contributed by atoms with Crippen LogP contribution in [0, 0.1) is 0 Å². The maximum Gasteiger partial charge on any atom is 0.162 e. The number of thiocarbonyl (C=S) groups is 1. The van der Waals surface area contributed by atoms with Gasteiger partial charge in [-0.1, -0.05) is 41.5 Å². The van der Waals surface area contributed by atoms with Crippen LogP contribution in [0.4, 0.5) is 5.69 Å². The molecule has 0 heterocycles. The molecule has 0 saturated heterocycles. The van der Waals surface area contributed by atoms with E-state index in [0.717, 1.165) is 18.4 Å². The van der Waals surface area contributed by atoms with Crippen molar-refractivity contribution in [1.82, 2.24) is 0 Å². The van der Waals surface area contributed by atoms with Crippen molar-refractivity contribution in [3.8, 4) is 11.5 Å². The van der Waals surface area contributed by atoms with Crippen LogP contribution < -0.4 is 14.8 Å². The summed E-state index contributed by atoms with van der Waals surface area (Å²) in [5.41, 5.74) is 1.42. The fourth-order valence-electron chi connectivity index (χ4n) is 2.90. The molecule has 0 spiro atoms. The van der Waals surface area contributed by atoms with Crippen molar-refractivity contribution in [1.29, 1.82) is 0 Å². The Morgan fingerprint density at radius 3 is 2.40 bits per heavy atom. The number of halogens is 2. The Kier molecular flexibility index (Phi) is 6.05. The van der Waals surface area contributed by atoms with Crippen LogP contribution in [-0.2, 0) is 0 Å². The lowest BCUT2D eigenvalue weighted by Gasteiger charge is -2.18. The molecular weight excluding hydrogens is 377 g/mol. The van der Waals surface area contributed by atoms with Gasteiger partial charge in [-0.05, 0) is 56.0 Å². The van der Waals surface area contributed by atoms with Crippen LogP contribution in [0.5, 0.6) is 11.5 Å². The zero-order valence-corrected chi connectivity index (χ0v) is 16.2. The summed E-state index contributed by atoms with van der Waals surface area (Å²) in [5, 5.41) is 4.16. The molecule has 0 atom stereocenters. The lowest BCUT2D eigenvalue weighted by Crippen LogP contribution is -2.14. The van der Waals surface area contributed by atoms with Crippen molar-refractivity contribution in [2.45, 2.75) is 31.8 Å². The zero-order valence-electron chi connectivity index (χ0n) is 13.9. The Labute approximate surface area is 163 Å². The number of anilines is 1. The van der Waals surface area contributed by atoms with Gasteiger partial charge in [-0.3, -0.25) is 0 Å². The Bertz CT molecular complexity index is 756. The van der Waals surface area contributed by atoms with Gasteiger partial charge in [0.25, 0.3) is 0 Å². The monoisotopic (exact) mass is 395 g/mol. The molecule has 3 nitrogen and oxygen atoms in total. The van der Waals surface area contributed by atoms with Crippen molar-refractivity contribution in [2.24, 2.45) is 0 Å². The molecule has 0 aliphatic heterocycles. The maximum atomic E-state index is 6.20. The van der Waals surface area contributed by atoms with E-state index in [9.17, 15) is 0 Å². The molecule has 2 aromatic carbocycles. The van der Waals surface area contributed by atoms with E-state index in [1.54, 1.807) is 25.3 Å². The van der Waals surface area contributed by atoms with Gasteiger partial charge in [0.1, 0.15) is 4.99 Å². The van der Waals surface area contributed by atoms with E-state index >= 15 is 0 Å². The SMILES string of the molecule is COc1ccc(C(=S)Nc2c(Cl)cccc2Cl)cc1OC1CCCC1. The third kappa shape index (κ3) is 4.38. The van der Waals surface area contributed by atoms with Gasteiger partial charge in [0, 0.05) is 5.56 Å². The summed E-state index contributed by atoms with van der Waals surface area (Å²) >= 11 is 17.9. The van der Waals surface area contributed by atoms with Crippen molar-refractivity contribution in [3.63, 3.8) is 0 Å². The van der Waals surface area contributed by atoms with Gasteiger partial charge in [0.05, 0.1) is 28.9 Å². The summed E-state index contributed by atoms with van der Waals surface area (Å²) in [6, 6.07) is 11.0. The Balaban J connectivity index is 1.82. The predicted molar refractivity (Wildman–Crippen MR) is 108 cm³/mol. The van der Waals surface area contributed by atoms with Crippen LogP contribution in [0.15, 0.2) is 36.4 Å². The maximum absolute atomic E-state index is 6.20. The normalized spacial score (nSPS) is 14.4. The summed E-state index contributed by atoms with van der Waals surface area (Å²) in [5.74, 6) is 1.41. The first-order valence-corrected chi connectivity index (χ1v) is 9.35. The summed E-state index contributed by atoms with van der Waals surface area (Å²) in [6.45, 7) is 0. The van der Waals surface area contributed by atoms with Crippen LogP contribution >= 0.6 is 35.4 Å². The number of hydrogen-bond donors (Lipinski definition) is 1. The minimum atomic E-state index is 0.240. The molecule has 3 rings (SSSR count). The van der Waals surface area contributed by atoms with Gasteiger partial charge in [-0.15, -0.1) is 0 Å². The van der Waals surface area contributed by atoms with Crippen molar-refractivity contribution < 1.29 is 9.47 Å². The second-order valence-electron chi connectivity index (χ2n) is 5.94. The highest BCUT2D eigenvalue weighted by Crippen LogP contribution is 2.34. The van der Waals surface area contributed by atoms with Crippen molar-refractivity contribution in [2.75, 3.05) is 12.4 Å². The van der Waals surface area contributed by atoms with Gasteiger partial charge in [-0.25, -0.2) is 0 Å². The number of ether oxygens (including phenoxy) is 2. The average Bonchev–Trinajstić information content (AvgIpc) is 3.11. The second-order valence-corrected chi connectivity index (χ2v) is 7.16. The molecule has 2 aromatic rings. The van der Waals surface area contributed by atoms with Crippen LogP contribution in [0.25, 0.3) is 0 Å². The molecule has 0 bridgehead atoms. The third-order valence-corrected chi connectivity index (χ3v) is 5.19. The topological polar surface area (TPSA) is 30.5 Å². The minimum Gasteiger partial charge on any atom is -0.493 e. The molecule has 1 aliphatic carbocycles. The Morgan fingerprint density at radius 2 is 1.76 bits per heavy atom. The molecule has 0 aromatic heterocycles. The van der Waals surface area contributed by atoms with E-state index in [4.69, 9.17) is 44.9 Å². The fourth-order valence-corrected chi connectivity index (χ4v) is 3.62. The lowest BCUT2D eigenvalue weighted by atomic mass is 10.2. The van der Waals surface area contributed by atoms with Crippen LogP contribution in [0.1, 0.15) is 31.2 Å². The molecule has 25 heavy (non-hydrogen) atoms. The Hall–Kier alpha value is -1.49. The van der Waals surface area contributed by atoms with Crippen LogP contribution in [0.2, 0.25) is 10.0 Å². The molecule has 1 saturated carbocycles. The molecule has 0 radical (unpaired) electrons. The van der Waals surface area contributed by atoms with Crippen LogP contribution in [-0.4, -0.2) is 18.2 Å². The average molecular weight is 396 g/mol. The molecule has 1 fully saturated rings. The number of methoxy groups -OCH3 is 1. The minimum absolute atomic E-state index is 0.240. The van der Waals surface area contributed by atoms with E-state index in [-0.39, 0.29) is 6.10 Å². The van der Waals surface area contributed by atoms with Crippen molar-refractivity contribution >= 4 is 46.1 Å². The molecule has 0 amide bonds. The fraction of sp³-hybridized carbons (Fsp3) is 0.316. The summed E-state index contributed by atoms with van der Waals surface area (Å²) in [7, 11) is 1.64. The third-order valence-electron chi connectivity index (χ3n) is 4.22. The highest BCUT2D eigenvalue weighted by atomic mass is 35.5. The van der Waals surface area contributed by atoms with E-state index in [0.29, 0.717) is 32.2 Å². The lowest BCUT2D eigenvalue weighted by molar-refractivity contribution is 0.201. The number of nitrogens with one attached hydrogen (secondary N) is 1. The smallest absolute Gasteiger partial charge is 0.162 e. The highest BCUT2D eigenvalue weighted by molar-refractivity contribution is 7.81. The second kappa shape index (κ2) is 8.26. The highest BCUT2D eigenvalue weighted by Gasteiger charge is 2.19. The number of hydrogen-bond acceptors (Lipinski definition) is 3. The summed E-state index contributed by atoms with van der Waals surface area (Å²) in [4.78, 5) is 0.522. The summed E-state index contributed by atoms with van der Waals surface area (Å²) < 4.78 is 11.5. The van der Waals surface area contributed by atoms with Gasteiger partial charge in [0.15, 0.2) is 11.5 Å². The van der Waals surface area contributed by atoms with Gasteiger partial charge >= 0.3 is 0 Å². The first kappa shape index (κ1) is 18.3. The van der Waals surface area contributed by atoms with Gasteiger partial charge in [-0.2, -0.15) is 0 Å². The van der Waals surface area contributed by atoms with E-state index in [1.807, 2.05) is 18.2 Å². The number of para-hydroxylation sites is 1. The largest absolute Gasteiger partial charge is 0.493 e. The van der Waals surface area contributed by atoms with E-state index < -0.39 is 0 Å². The zero-order chi connectivity index (χ0) is 17.8. The van der Waals surface area contributed by atoms with E-state index in [2.05, 4.69) is 5.32 Å². The van der Waals surface area contributed by atoms with E-state index in [1.165, 1.54) is 12.8 Å². The van der Waals surface area contributed by atoms with Gasteiger partial charge < -0.3 is 14.8 Å². The Morgan fingerprint density at radius 1 is 1.08 bits per heavy atom. The molecule has 132 valence electrons. The first-order valence-electron chi connectivity index (χ1n) is 8.18. The van der Waals surface area contributed by atoms with Crippen molar-refractivity contribution in [3.05, 3.63) is 52.0 Å². The first-order chi connectivity index (χ1) is 12.1. The quantitative estimate of drug-likeness (QED) is 0.618. The van der Waals surface area contributed by atoms with Crippen LogP contribution in [0.3, 0.4) is 0 Å². The predicted octanol–water partition coefficient (Wildman–Crippen LogP) is 6.11. The molecule has 6 heteroatoms. The molecular formula is C19H19Cl2NO2S. The van der Waals surface area contributed by atoms with Gasteiger partial charge in [0.2, 0.25) is 0 Å². The molecule has 1 N–H and O–H groups in total. The summed E-state index contributed by atoms with van der Waals surface area (Å²) in [6.07, 6.45) is 4.80.